The van der Waals surface area contributed by atoms with Gasteiger partial charge in [0, 0.05) is 18.7 Å². The molecule has 0 saturated carbocycles. The van der Waals surface area contributed by atoms with Crippen molar-refractivity contribution in [1.82, 2.24) is 4.90 Å². The van der Waals surface area contributed by atoms with Crippen LogP contribution in [0.15, 0.2) is 60.7 Å². The summed E-state index contributed by atoms with van der Waals surface area (Å²) in [4.78, 5) is 12.8. The first-order valence-electron chi connectivity index (χ1n) is 7.36. The van der Waals surface area contributed by atoms with E-state index in [9.17, 15) is 4.79 Å². The largest absolute Gasteiger partial charge is 0.492 e. The van der Waals surface area contributed by atoms with Gasteiger partial charge in [-0.2, -0.15) is 0 Å². The van der Waals surface area contributed by atoms with Crippen LogP contribution in [0.1, 0.15) is 15.9 Å². The Morgan fingerprint density at radius 3 is 2.41 bits per heavy atom. The highest BCUT2D eigenvalue weighted by Gasteiger charge is 1.98. The van der Waals surface area contributed by atoms with Crippen LogP contribution in [-0.2, 0) is 0 Å². The van der Waals surface area contributed by atoms with Crippen LogP contribution in [0.2, 0.25) is 0 Å². The van der Waals surface area contributed by atoms with Gasteiger partial charge in [0.1, 0.15) is 18.6 Å². The normalized spacial score (nSPS) is 11.0. The van der Waals surface area contributed by atoms with Gasteiger partial charge in [-0.15, -0.1) is 0 Å². The summed E-state index contributed by atoms with van der Waals surface area (Å²) in [7, 11) is 2.06. The fourth-order valence-corrected chi connectivity index (χ4v) is 1.99. The highest BCUT2D eigenvalue weighted by Crippen LogP contribution is 2.10. The molecule has 0 aliphatic rings. The summed E-state index contributed by atoms with van der Waals surface area (Å²) in [6.45, 7) is 2.34. The molecular formula is C19H21NO2. The predicted octanol–water partition coefficient (Wildman–Crippen LogP) is 3.52. The van der Waals surface area contributed by atoms with Crippen LogP contribution in [0.3, 0.4) is 0 Å². The Kier molecular flexibility index (Phi) is 6.39. The zero-order valence-corrected chi connectivity index (χ0v) is 12.8. The van der Waals surface area contributed by atoms with E-state index in [1.54, 1.807) is 12.1 Å². The van der Waals surface area contributed by atoms with E-state index < -0.39 is 0 Å². The maximum atomic E-state index is 10.6. The van der Waals surface area contributed by atoms with Gasteiger partial charge in [-0.25, -0.2) is 0 Å². The molecule has 0 aromatic heterocycles. The van der Waals surface area contributed by atoms with Gasteiger partial charge < -0.3 is 4.74 Å². The lowest BCUT2D eigenvalue weighted by Gasteiger charge is -2.14. The van der Waals surface area contributed by atoms with Gasteiger partial charge in [0.2, 0.25) is 0 Å². The summed E-state index contributed by atoms with van der Waals surface area (Å²) in [5, 5.41) is 0. The number of aldehydes is 1. The molecule has 2 rings (SSSR count). The van der Waals surface area contributed by atoms with E-state index in [1.807, 2.05) is 30.3 Å². The van der Waals surface area contributed by atoms with Gasteiger partial charge in [-0.1, -0.05) is 42.5 Å². The third-order valence-electron chi connectivity index (χ3n) is 3.28. The number of benzene rings is 2. The van der Waals surface area contributed by atoms with Crippen LogP contribution in [0.5, 0.6) is 5.75 Å². The van der Waals surface area contributed by atoms with Crippen molar-refractivity contribution < 1.29 is 9.53 Å². The van der Waals surface area contributed by atoms with Crippen LogP contribution in [0, 0.1) is 0 Å². The Balaban J connectivity index is 1.68. The van der Waals surface area contributed by atoms with Crippen molar-refractivity contribution in [3.63, 3.8) is 0 Å². The smallest absolute Gasteiger partial charge is 0.150 e. The van der Waals surface area contributed by atoms with Crippen molar-refractivity contribution in [2.75, 3.05) is 26.7 Å². The zero-order valence-electron chi connectivity index (χ0n) is 12.8. The van der Waals surface area contributed by atoms with Crippen molar-refractivity contribution in [1.29, 1.82) is 0 Å². The fourth-order valence-electron chi connectivity index (χ4n) is 1.99. The molecule has 0 radical (unpaired) electrons. The second-order valence-electron chi connectivity index (χ2n) is 5.11. The van der Waals surface area contributed by atoms with Gasteiger partial charge in [-0.3, -0.25) is 9.69 Å². The maximum Gasteiger partial charge on any atom is 0.150 e. The molecule has 0 aliphatic heterocycles. The number of ether oxygens (including phenoxy) is 1. The Labute approximate surface area is 131 Å². The molecule has 0 amide bonds. The summed E-state index contributed by atoms with van der Waals surface area (Å²) in [6, 6.07) is 17.4. The Morgan fingerprint density at radius 1 is 1.00 bits per heavy atom. The van der Waals surface area contributed by atoms with Crippen molar-refractivity contribution >= 4 is 12.4 Å². The first-order valence-corrected chi connectivity index (χ1v) is 7.36. The number of hydrogen-bond donors (Lipinski definition) is 0. The summed E-state index contributed by atoms with van der Waals surface area (Å²) in [6.07, 6.45) is 5.10. The van der Waals surface area contributed by atoms with Gasteiger partial charge >= 0.3 is 0 Å². The summed E-state index contributed by atoms with van der Waals surface area (Å²) in [5.74, 6) is 0.791. The van der Waals surface area contributed by atoms with Crippen LogP contribution >= 0.6 is 0 Å². The molecular weight excluding hydrogens is 274 g/mol. The second-order valence-corrected chi connectivity index (χ2v) is 5.11. The molecule has 0 heterocycles. The lowest BCUT2D eigenvalue weighted by Crippen LogP contribution is -2.24. The molecule has 0 saturated heterocycles. The van der Waals surface area contributed by atoms with E-state index in [4.69, 9.17) is 4.74 Å². The minimum atomic E-state index is 0.621. The van der Waals surface area contributed by atoms with Crippen LogP contribution in [-0.4, -0.2) is 37.9 Å². The highest BCUT2D eigenvalue weighted by atomic mass is 16.5. The molecule has 3 nitrogen and oxygen atoms in total. The fraction of sp³-hybridized carbons (Fsp3) is 0.211. The quantitative estimate of drug-likeness (QED) is 0.698. The Morgan fingerprint density at radius 2 is 1.73 bits per heavy atom. The van der Waals surface area contributed by atoms with Gasteiger partial charge in [0.25, 0.3) is 0 Å². The molecule has 0 fully saturated rings. The summed E-state index contributed by atoms with van der Waals surface area (Å²) in [5.41, 5.74) is 1.87. The first kappa shape index (κ1) is 16.0. The predicted molar refractivity (Wildman–Crippen MR) is 90.3 cm³/mol. The number of likely N-dealkylation sites (N-methyl/N-ethyl adjacent to an activating group) is 1. The SMILES string of the molecule is CN(C/C=C/c1ccccc1)CCOc1ccc(C=O)cc1. The molecule has 0 atom stereocenters. The summed E-state index contributed by atoms with van der Waals surface area (Å²) >= 11 is 0. The monoisotopic (exact) mass is 295 g/mol. The molecule has 2 aromatic rings. The standard InChI is InChI=1S/C19H21NO2/c1-20(13-5-8-17-6-3-2-4-7-17)14-15-22-19-11-9-18(16-21)10-12-19/h2-12,16H,13-15H2,1H3/b8-5+. The van der Waals surface area contributed by atoms with E-state index in [0.29, 0.717) is 12.2 Å². The molecule has 0 spiro atoms. The molecule has 0 aliphatic carbocycles. The minimum absolute atomic E-state index is 0.621. The number of hydrogen-bond acceptors (Lipinski definition) is 3. The van der Waals surface area contributed by atoms with Crippen LogP contribution in [0.25, 0.3) is 6.08 Å². The van der Waals surface area contributed by atoms with Crippen molar-refractivity contribution in [2.45, 2.75) is 0 Å². The number of nitrogens with zero attached hydrogens (tertiary/aromatic N) is 1. The molecule has 0 bridgehead atoms. The average Bonchev–Trinajstić information content (AvgIpc) is 2.56. The molecule has 22 heavy (non-hydrogen) atoms. The number of rotatable bonds is 8. The lowest BCUT2D eigenvalue weighted by molar-refractivity contribution is 0.112. The maximum absolute atomic E-state index is 10.6. The molecule has 0 unspecified atom stereocenters. The first-order chi connectivity index (χ1) is 10.8. The molecule has 3 heteroatoms. The van der Waals surface area contributed by atoms with Crippen LogP contribution < -0.4 is 4.74 Å². The zero-order chi connectivity index (χ0) is 15.6. The Bertz CT molecular complexity index is 591. The minimum Gasteiger partial charge on any atom is -0.492 e. The lowest BCUT2D eigenvalue weighted by atomic mass is 10.2. The molecule has 2 aromatic carbocycles. The number of carbonyl (C=O) groups is 1. The topological polar surface area (TPSA) is 29.5 Å². The van der Waals surface area contributed by atoms with E-state index in [-0.39, 0.29) is 0 Å². The third kappa shape index (κ3) is 5.54. The van der Waals surface area contributed by atoms with E-state index in [0.717, 1.165) is 25.1 Å². The van der Waals surface area contributed by atoms with E-state index >= 15 is 0 Å². The molecule has 0 N–H and O–H groups in total. The molecule has 114 valence electrons. The summed E-state index contributed by atoms with van der Waals surface area (Å²) < 4.78 is 5.66. The highest BCUT2D eigenvalue weighted by molar-refractivity contribution is 5.74. The third-order valence-corrected chi connectivity index (χ3v) is 3.28. The van der Waals surface area contributed by atoms with Crippen molar-refractivity contribution in [3.8, 4) is 5.75 Å². The van der Waals surface area contributed by atoms with E-state index in [2.05, 4.69) is 36.2 Å². The van der Waals surface area contributed by atoms with Crippen molar-refractivity contribution in [2.24, 2.45) is 0 Å². The van der Waals surface area contributed by atoms with Gasteiger partial charge in [0.05, 0.1) is 0 Å². The Hall–Kier alpha value is -2.39. The van der Waals surface area contributed by atoms with Crippen LogP contribution in [0.4, 0.5) is 0 Å². The van der Waals surface area contributed by atoms with E-state index in [1.165, 1.54) is 5.56 Å². The van der Waals surface area contributed by atoms with Crippen molar-refractivity contribution in [3.05, 3.63) is 71.8 Å². The average molecular weight is 295 g/mol. The number of carbonyl (C=O) groups excluding carboxylic acids is 1. The van der Waals surface area contributed by atoms with Gasteiger partial charge in [-0.05, 0) is 36.9 Å². The van der Waals surface area contributed by atoms with Gasteiger partial charge in [0.15, 0.2) is 0 Å². The second kappa shape index (κ2) is 8.80.